The molecule has 21 heavy (non-hydrogen) atoms. The Kier molecular flexibility index (Phi) is 4.85. The third kappa shape index (κ3) is 3.36. The summed E-state index contributed by atoms with van der Waals surface area (Å²) in [5, 5.41) is 12.4. The van der Waals surface area contributed by atoms with Crippen molar-refractivity contribution < 1.29 is 23.4 Å². The molecule has 0 saturated heterocycles. The number of aliphatic hydroxyl groups excluding tert-OH is 1. The van der Waals surface area contributed by atoms with Crippen molar-refractivity contribution in [3.8, 4) is 5.75 Å². The Bertz CT molecular complexity index is 576. The molecule has 1 aromatic rings. The van der Waals surface area contributed by atoms with E-state index in [2.05, 4.69) is 10.5 Å². The van der Waals surface area contributed by atoms with Gasteiger partial charge >= 0.3 is 0 Å². The van der Waals surface area contributed by atoms with Gasteiger partial charge in [-0.3, -0.25) is 4.79 Å². The number of nitrogens with zero attached hydrogens (tertiary/aromatic N) is 1. The van der Waals surface area contributed by atoms with Crippen molar-refractivity contribution in [1.82, 2.24) is 5.43 Å². The smallest absolute Gasteiger partial charge is 0.240 e. The van der Waals surface area contributed by atoms with Gasteiger partial charge in [0.05, 0.1) is 12.3 Å². The molecule has 7 heteroatoms. The molecule has 0 spiro atoms. The first kappa shape index (κ1) is 15.4. The van der Waals surface area contributed by atoms with Crippen molar-refractivity contribution in [2.75, 3.05) is 13.2 Å². The minimum atomic E-state index is -1.10. The van der Waals surface area contributed by atoms with Crippen LogP contribution in [0.25, 0.3) is 0 Å². The van der Waals surface area contributed by atoms with Crippen LogP contribution in [-0.4, -0.2) is 29.9 Å². The number of nitrogens with one attached hydrogen (secondary N) is 1. The second kappa shape index (κ2) is 6.62. The second-order valence-corrected chi connectivity index (χ2v) is 4.80. The van der Waals surface area contributed by atoms with E-state index in [-0.39, 0.29) is 42.8 Å². The van der Waals surface area contributed by atoms with Crippen molar-refractivity contribution in [1.29, 1.82) is 0 Å². The fraction of sp³-hybridized carbons (Fsp3) is 0.429. The Morgan fingerprint density at radius 2 is 2.19 bits per heavy atom. The molecule has 0 radical (unpaired) electrons. The number of amides is 1. The van der Waals surface area contributed by atoms with E-state index in [9.17, 15) is 13.6 Å². The highest BCUT2D eigenvalue weighted by Gasteiger charge is 2.26. The lowest BCUT2D eigenvalue weighted by molar-refractivity contribution is -0.121. The summed E-state index contributed by atoms with van der Waals surface area (Å²) in [6.07, 6.45) is 0.507. The van der Waals surface area contributed by atoms with Gasteiger partial charge in [-0.2, -0.15) is 9.49 Å². The number of carbonyl (C=O) groups is 1. The lowest BCUT2D eigenvalue weighted by atomic mass is 9.93. The molecule has 1 heterocycles. The average Bonchev–Trinajstić information content (AvgIpc) is 2.45. The summed E-state index contributed by atoms with van der Waals surface area (Å²) < 4.78 is 33.1. The van der Waals surface area contributed by atoms with Crippen LogP contribution in [0.3, 0.4) is 0 Å². The summed E-state index contributed by atoms with van der Waals surface area (Å²) >= 11 is 0. The Labute approximate surface area is 120 Å². The average molecular weight is 298 g/mol. The van der Waals surface area contributed by atoms with Gasteiger partial charge in [-0.1, -0.05) is 6.92 Å². The first-order valence-corrected chi connectivity index (χ1v) is 6.63. The monoisotopic (exact) mass is 298 g/mol. The van der Waals surface area contributed by atoms with E-state index in [1.807, 2.05) is 0 Å². The van der Waals surface area contributed by atoms with Crippen LogP contribution in [0.15, 0.2) is 17.2 Å². The Balaban J connectivity index is 2.26. The summed E-state index contributed by atoms with van der Waals surface area (Å²) in [7, 11) is 0. The van der Waals surface area contributed by atoms with Crippen molar-refractivity contribution in [3.05, 3.63) is 29.3 Å². The Hall–Kier alpha value is -2.02. The topological polar surface area (TPSA) is 70.9 Å². The van der Waals surface area contributed by atoms with Gasteiger partial charge in [0.1, 0.15) is 0 Å². The fourth-order valence-electron chi connectivity index (χ4n) is 2.07. The zero-order chi connectivity index (χ0) is 15.4. The molecule has 1 unspecified atom stereocenters. The van der Waals surface area contributed by atoms with E-state index in [1.165, 1.54) is 12.1 Å². The molecule has 114 valence electrons. The number of ether oxygens (including phenoxy) is 1. The van der Waals surface area contributed by atoms with Crippen LogP contribution < -0.4 is 10.2 Å². The van der Waals surface area contributed by atoms with E-state index in [1.54, 1.807) is 6.92 Å². The number of hydrogen-bond donors (Lipinski definition) is 2. The molecule has 1 aliphatic rings. The maximum atomic E-state index is 14.1. The molecule has 0 aliphatic carbocycles. The van der Waals surface area contributed by atoms with Crippen LogP contribution in [0.1, 0.15) is 25.3 Å². The normalized spacial score (nSPS) is 18.2. The van der Waals surface area contributed by atoms with Crippen LogP contribution in [0.2, 0.25) is 0 Å². The second-order valence-electron chi connectivity index (χ2n) is 4.80. The van der Waals surface area contributed by atoms with Gasteiger partial charge in [0.15, 0.2) is 11.6 Å². The molecule has 0 aromatic heterocycles. The highest BCUT2D eigenvalue weighted by molar-refractivity contribution is 6.05. The number of hydrogen-bond acceptors (Lipinski definition) is 4. The van der Waals surface area contributed by atoms with Crippen LogP contribution >= 0.6 is 0 Å². The lowest BCUT2D eigenvalue weighted by Crippen LogP contribution is -2.32. The number of carbonyl (C=O) groups excluding carboxylic acids is 1. The molecular weight excluding hydrogens is 282 g/mol. The first-order valence-electron chi connectivity index (χ1n) is 6.63. The van der Waals surface area contributed by atoms with Crippen LogP contribution in [0, 0.1) is 17.6 Å². The number of halogens is 2. The SMILES string of the molecule is CC1CC(=O)NN=C1c1ccc(OCCCO)c(F)c1F. The minimum Gasteiger partial charge on any atom is -0.490 e. The summed E-state index contributed by atoms with van der Waals surface area (Å²) in [6.45, 7) is 1.73. The third-order valence-corrected chi connectivity index (χ3v) is 3.14. The van der Waals surface area contributed by atoms with E-state index in [0.29, 0.717) is 12.1 Å². The molecule has 5 nitrogen and oxygen atoms in total. The fourth-order valence-corrected chi connectivity index (χ4v) is 2.07. The van der Waals surface area contributed by atoms with Crippen LogP contribution in [0.5, 0.6) is 5.75 Å². The standard InChI is InChI=1S/C14H16F2N2O3/c1-8-7-11(20)17-18-14(8)9-3-4-10(13(16)12(9)15)21-6-2-5-19/h3-4,8,19H,2,5-7H2,1H3,(H,17,20). The molecule has 0 fully saturated rings. The lowest BCUT2D eigenvalue weighted by Gasteiger charge is -2.20. The van der Waals surface area contributed by atoms with Gasteiger partial charge in [0.2, 0.25) is 11.7 Å². The number of benzene rings is 1. The Morgan fingerprint density at radius 1 is 1.43 bits per heavy atom. The molecule has 2 rings (SSSR count). The van der Waals surface area contributed by atoms with Gasteiger partial charge in [0.25, 0.3) is 0 Å². The summed E-state index contributed by atoms with van der Waals surface area (Å²) in [5.74, 6) is -2.92. The van der Waals surface area contributed by atoms with Gasteiger partial charge in [0, 0.05) is 30.9 Å². The molecule has 1 aliphatic heterocycles. The van der Waals surface area contributed by atoms with Gasteiger partial charge in [-0.15, -0.1) is 0 Å². The highest BCUT2D eigenvalue weighted by Crippen LogP contribution is 2.26. The number of rotatable bonds is 5. The van der Waals surface area contributed by atoms with Crippen molar-refractivity contribution in [2.45, 2.75) is 19.8 Å². The molecule has 1 atom stereocenters. The van der Waals surface area contributed by atoms with E-state index in [0.717, 1.165) is 0 Å². The number of hydrazone groups is 1. The molecular formula is C14H16F2N2O3. The van der Waals surface area contributed by atoms with Crippen LogP contribution in [-0.2, 0) is 4.79 Å². The van der Waals surface area contributed by atoms with E-state index >= 15 is 0 Å². The Morgan fingerprint density at radius 3 is 2.86 bits per heavy atom. The quantitative estimate of drug-likeness (QED) is 0.811. The predicted octanol–water partition coefficient (Wildman–Crippen LogP) is 1.59. The largest absolute Gasteiger partial charge is 0.490 e. The molecule has 2 N–H and O–H groups in total. The summed E-state index contributed by atoms with van der Waals surface area (Å²) in [6, 6.07) is 2.69. The zero-order valence-electron chi connectivity index (χ0n) is 11.5. The molecule has 0 saturated carbocycles. The van der Waals surface area contributed by atoms with Crippen molar-refractivity contribution in [2.24, 2.45) is 11.0 Å². The molecule has 0 bridgehead atoms. The maximum Gasteiger partial charge on any atom is 0.240 e. The summed E-state index contributed by atoms with van der Waals surface area (Å²) in [4.78, 5) is 11.2. The molecule has 1 amide bonds. The van der Waals surface area contributed by atoms with Gasteiger partial charge in [-0.05, 0) is 12.1 Å². The van der Waals surface area contributed by atoms with Gasteiger partial charge < -0.3 is 9.84 Å². The van der Waals surface area contributed by atoms with Crippen molar-refractivity contribution in [3.63, 3.8) is 0 Å². The first-order chi connectivity index (χ1) is 10.0. The minimum absolute atomic E-state index is 0.00880. The summed E-state index contributed by atoms with van der Waals surface area (Å²) in [5.41, 5.74) is 2.57. The predicted molar refractivity (Wildman–Crippen MR) is 72.0 cm³/mol. The van der Waals surface area contributed by atoms with E-state index in [4.69, 9.17) is 9.84 Å². The van der Waals surface area contributed by atoms with Gasteiger partial charge in [-0.25, -0.2) is 9.82 Å². The zero-order valence-corrected chi connectivity index (χ0v) is 11.5. The van der Waals surface area contributed by atoms with E-state index < -0.39 is 11.6 Å². The van der Waals surface area contributed by atoms with Crippen LogP contribution in [0.4, 0.5) is 8.78 Å². The van der Waals surface area contributed by atoms with Crippen molar-refractivity contribution >= 4 is 11.6 Å². The number of aliphatic hydroxyl groups is 1. The maximum absolute atomic E-state index is 14.1. The third-order valence-electron chi connectivity index (χ3n) is 3.14. The highest BCUT2D eigenvalue weighted by atomic mass is 19.2. The molecule has 1 aromatic carbocycles.